The summed E-state index contributed by atoms with van der Waals surface area (Å²) in [4.78, 5) is 25.6. The molecule has 1 atom stereocenters. The minimum Gasteiger partial charge on any atom is -0.394 e. The summed E-state index contributed by atoms with van der Waals surface area (Å²) in [6, 6.07) is 14.4. The van der Waals surface area contributed by atoms with Crippen LogP contribution in [0.1, 0.15) is 39.5 Å². The number of hydrogen-bond donors (Lipinski definition) is 5. The van der Waals surface area contributed by atoms with Crippen molar-refractivity contribution in [2.24, 2.45) is 0 Å². The van der Waals surface area contributed by atoms with Gasteiger partial charge in [0.1, 0.15) is 5.82 Å². The number of aryl methyl sites for hydroxylation is 1. The van der Waals surface area contributed by atoms with E-state index in [0.29, 0.717) is 22.4 Å². The predicted octanol–water partition coefficient (Wildman–Crippen LogP) is 5.29. The Bertz CT molecular complexity index is 1760. The van der Waals surface area contributed by atoms with Crippen LogP contribution < -0.4 is 16.0 Å². The average molecular weight is 568 g/mol. The minimum atomic E-state index is -0.579. The Morgan fingerprint density at radius 3 is 2.93 bits per heavy atom. The van der Waals surface area contributed by atoms with Crippen molar-refractivity contribution in [1.82, 2.24) is 30.2 Å². The Balaban J connectivity index is 1.21. The van der Waals surface area contributed by atoms with E-state index in [1.165, 1.54) is 11.1 Å². The molecule has 3 aromatic heterocycles. The molecule has 0 spiro atoms. The second-order valence-electron chi connectivity index (χ2n) is 10.0. The van der Waals surface area contributed by atoms with Crippen molar-refractivity contribution >= 4 is 45.6 Å². The van der Waals surface area contributed by atoms with E-state index in [1.54, 1.807) is 47.4 Å². The molecule has 5 aromatic rings. The van der Waals surface area contributed by atoms with E-state index in [4.69, 9.17) is 16.6 Å². The number of hydrogen-bond acceptors (Lipinski definition) is 6. The molecule has 1 unspecified atom stereocenters. The zero-order valence-corrected chi connectivity index (χ0v) is 23.2. The summed E-state index contributed by atoms with van der Waals surface area (Å²) in [5.41, 5.74) is 6.53. The van der Waals surface area contributed by atoms with Crippen LogP contribution in [0.5, 0.6) is 0 Å². The number of benzene rings is 2. The molecule has 41 heavy (non-hydrogen) atoms. The van der Waals surface area contributed by atoms with Crippen LogP contribution in [0.2, 0.25) is 5.02 Å². The number of anilines is 2. The third-order valence-corrected chi connectivity index (χ3v) is 7.47. The molecule has 1 amide bonds. The highest BCUT2D eigenvalue weighted by Gasteiger charge is 2.18. The summed E-state index contributed by atoms with van der Waals surface area (Å²) in [7, 11) is 0. The first-order valence-electron chi connectivity index (χ1n) is 13.5. The fourth-order valence-electron chi connectivity index (χ4n) is 5.08. The van der Waals surface area contributed by atoms with Crippen LogP contribution in [0.15, 0.2) is 79.4 Å². The molecule has 1 aliphatic rings. The predicted molar refractivity (Wildman–Crippen MR) is 162 cm³/mol. The Morgan fingerprint density at radius 1 is 1.22 bits per heavy atom. The van der Waals surface area contributed by atoms with Crippen molar-refractivity contribution in [2.45, 2.75) is 19.4 Å². The number of nitrogens with zero attached hydrogens (tertiary/aromatic N) is 3. The zero-order valence-electron chi connectivity index (χ0n) is 22.5. The zero-order chi connectivity index (χ0) is 28.3. The fourth-order valence-corrected chi connectivity index (χ4v) is 5.28. The van der Waals surface area contributed by atoms with Crippen molar-refractivity contribution in [3.8, 4) is 5.82 Å². The third kappa shape index (κ3) is 5.74. The lowest BCUT2D eigenvalue weighted by atomic mass is 9.99. The lowest BCUT2D eigenvalue weighted by Crippen LogP contribution is -2.30. The lowest BCUT2D eigenvalue weighted by molar-refractivity contribution is 0.0916. The number of fused-ring (bicyclic) bond motifs is 1. The van der Waals surface area contributed by atoms with Gasteiger partial charge in [0, 0.05) is 64.1 Å². The van der Waals surface area contributed by atoms with Gasteiger partial charge in [-0.2, -0.15) is 4.98 Å². The first-order valence-corrected chi connectivity index (χ1v) is 13.8. The summed E-state index contributed by atoms with van der Waals surface area (Å²) in [6.07, 6.45) is 10.6. The van der Waals surface area contributed by atoms with Gasteiger partial charge < -0.3 is 30.6 Å². The van der Waals surface area contributed by atoms with Crippen LogP contribution in [0, 0.1) is 6.92 Å². The number of aliphatic hydroxyl groups is 1. The van der Waals surface area contributed by atoms with Crippen LogP contribution in [0.4, 0.5) is 11.6 Å². The Morgan fingerprint density at radius 2 is 2.12 bits per heavy atom. The summed E-state index contributed by atoms with van der Waals surface area (Å²) in [5, 5.41) is 21.1. The van der Waals surface area contributed by atoms with Crippen LogP contribution in [-0.2, 0) is 0 Å². The second-order valence-corrected chi connectivity index (χ2v) is 10.5. The Labute approximate surface area is 242 Å². The molecule has 0 radical (unpaired) electrons. The van der Waals surface area contributed by atoms with E-state index in [2.05, 4.69) is 50.3 Å². The van der Waals surface area contributed by atoms with Gasteiger partial charge in [-0.3, -0.25) is 4.79 Å². The highest BCUT2D eigenvalue weighted by atomic mass is 35.5. The number of carbonyl (C=O) groups is 1. The molecule has 9 nitrogen and oxygen atoms in total. The first-order chi connectivity index (χ1) is 20.0. The normalized spacial score (nSPS) is 14.1. The molecular formula is C31H30ClN7O2. The van der Waals surface area contributed by atoms with Gasteiger partial charge in [0.25, 0.3) is 5.91 Å². The van der Waals surface area contributed by atoms with Crippen molar-refractivity contribution in [1.29, 1.82) is 0 Å². The van der Waals surface area contributed by atoms with Crippen molar-refractivity contribution in [2.75, 3.05) is 25.0 Å². The van der Waals surface area contributed by atoms with Gasteiger partial charge >= 0.3 is 0 Å². The van der Waals surface area contributed by atoms with Crippen molar-refractivity contribution in [3.05, 3.63) is 107 Å². The van der Waals surface area contributed by atoms with Crippen LogP contribution >= 0.6 is 11.6 Å². The smallest absolute Gasteiger partial charge is 0.253 e. The van der Waals surface area contributed by atoms with Gasteiger partial charge in [0.05, 0.1) is 18.2 Å². The topological polar surface area (TPSA) is 120 Å². The van der Waals surface area contributed by atoms with Crippen LogP contribution in [0.25, 0.3) is 22.3 Å². The minimum absolute atomic E-state index is 0.252. The summed E-state index contributed by atoms with van der Waals surface area (Å²) < 4.78 is 1.79. The molecule has 0 saturated heterocycles. The highest BCUT2D eigenvalue weighted by Crippen LogP contribution is 2.30. The highest BCUT2D eigenvalue weighted by molar-refractivity contribution is 6.30. The van der Waals surface area contributed by atoms with Crippen LogP contribution in [0.3, 0.4) is 0 Å². The Kier molecular flexibility index (Phi) is 7.56. The molecule has 5 N–H and O–H groups in total. The van der Waals surface area contributed by atoms with Crippen molar-refractivity contribution in [3.63, 3.8) is 0 Å². The van der Waals surface area contributed by atoms with Gasteiger partial charge in [-0.1, -0.05) is 29.8 Å². The number of aliphatic hydroxyl groups excluding tert-OH is 1. The third-order valence-electron chi connectivity index (χ3n) is 7.23. The standard InChI is InChI=1S/C31H30ClN7O2/c1-19-15-35-31(36-24-5-6-27-25(14-24)26(16-34-27)20-7-10-33-11-8-20)38-29(19)39-12-9-22(17-39)30(41)37-28(18-40)21-3-2-4-23(32)13-21/h2-7,9,12-17,28,33-34,40H,8,10-11,18H2,1H3,(H,37,41)(H,35,36,38). The van der Waals surface area contributed by atoms with Gasteiger partial charge in [-0.05, 0) is 67.4 Å². The van der Waals surface area contributed by atoms with Gasteiger partial charge in [0.2, 0.25) is 5.95 Å². The maximum atomic E-state index is 13.0. The molecule has 0 bridgehead atoms. The van der Waals surface area contributed by atoms with E-state index in [-0.39, 0.29) is 12.5 Å². The van der Waals surface area contributed by atoms with Crippen LogP contribution in [-0.4, -0.2) is 50.2 Å². The number of nitrogens with one attached hydrogen (secondary N) is 4. The molecule has 208 valence electrons. The summed E-state index contributed by atoms with van der Waals surface area (Å²) in [6.45, 7) is 3.53. The van der Waals surface area contributed by atoms with Crippen molar-refractivity contribution < 1.29 is 9.90 Å². The average Bonchev–Trinajstić information content (AvgIpc) is 3.65. The molecule has 6 rings (SSSR count). The number of aromatic amines is 1. The number of aromatic nitrogens is 4. The van der Waals surface area contributed by atoms with Gasteiger partial charge in [-0.25, -0.2) is 4.98 Å². The maximum absolute atomic E-state index is 13.0. The van der Waals surface area contributed by atoms with E-state index < -0.39 is 6.04 Å². The van der Waals surface area contributed by atoms with E-state index in [0.717, 1.165) is 47.2 Å². The molecule has 2 aromatic carbocycles. The summed E-state index contributed by atoms with van der Waals surface area (Å²) >= 11 is 6.09. The monoisotopic (exact) mass is 567 g/mol. The van der Waals surface area contributed by atoms with E-state index in [1.807, 2.05) is 19.1 Å². The van der Waals surface area contributed by atoms with Gasteiger partial charge in [0.15, 0.2) is 0 Å². The maximum Gasteiger partial charge on any atom is 0.253 e. The SMILES string of the molecule is Cc1cnc(Nc2ccc3[nH]cc(C4=CCNCC4)c3c2)nc1-n1ccc(C(=O)NC(CO)c2cccc(Cl)c2)c1. The molecule has 0 fully saturated rings. The van der Waals surface area contributed by atoms with E-state index >= 15 is 0 Å². The lowest BCUT2D eigenvalue weighted by Gasteiger charge is -2.16. The first kappa shape index (κ1) is 26.8. The quantitative estimate of drug-likeness (QED) is 0.174. The number of rotatable bonds is 8. The number of carbonyl (C=O) groups excluding carboxylic acids is 1. The summed E-state index contributed by atoms with van der Waals surface area (Å²) in [5.74, 6) is 0.787. The fraction of sp³-hybridized carbons (Fsp3) is 0.194. The number of halogens is 1. The molecule has 10 heteroatoms. The molecule has 1 aliphatic heterocycles. The second kappa shape index (κ2) is 11.6. The van der Waals surface area contributed by atoms with Gasteiger partial charge in [-0.15, -0.1) is 0 Å². The molecular weight excluding hydrogens is 538 g/mol. The number of H-pyrrole nitrogens is 1. The molecule has 0 saturated carbocycles. The van der Waals surface area contributed by atoms with E-state index in [9.17, 15) is 9.90 Å². The number of amides is 1. The molecule has 0 aliphatic carbocycles. The Hall–Kier alpha value is -4.44. The largest absolute Gasteiger partial charge is 0.394 e. The molecule has 4 heterocycles.